The number of methoxy groups -OCH3 is 2. The van der Waals surface area contributed by atoms with Gasteiger partial charge in [-0.1, -0.05) is 30.3 Å². The number of ether oxygens (including phenoxy) is 3. The lowest BCUT2D eigenvalue weighted by Gasteiger charge is -2.13. The van der Waals surface area contributed by atoms with Crippen LogP contribution in [0, 0.1) is 6.92 Å². The molecule has 8 heteroatoms. The van der Waals surface area contributed by atoms with E-state index >= 15 is 0 Å². The van der Waals surface area contributed by atoms with Gasteiger partial charge in [-0.15, -0.1) is 11.3 Å². The lowest BCUT2D eigenvalue weighted by Crippen LogP contribution is -2.20. The third kappa shape index (κ3) is 5.34. The molecule has 6 nitrogen and oxygen atoms in total. The Morgan fingerprint density at radius 2 is 1.68 bits per heavy atom. The van der Waals surface area contributed by atoms with Crippen molar-refractivity contribution in [3.05, 3.63) is 59.0 Å². The van der Waals surface area contributed by atoms with Crippen LogP contribution in [0.4, 0.5) is 10.7 Å². The smallest absolute Gasteiger partial charge is 0.341 e. The number of thiophene rings is 1. The molecule has 3 rings (SSSR count). The van der Waals surface area contributed by atoms with Gasteiger partial charge in [0.2, 0.25) is 0 Å². The SMILES string of the molecule is CCOC(=O)c1c(NC(=S)Nc2cc(OC)cc(OC)c2)sc(C)c1-c1ccccc1. The lowest BCUT2D eigenvalue weighted by atomic mass is 10.0. The van der Waals surface area contributed by atoms with Gasteiger partial charge in [0, 0.05) is 34.3 Å². The molecular weight excluding hydrogens is 432 g/mol. The highest BCUT2D eigenvalue weighted by molar-refractivity contribution is 7.80. The maximum absolute atomic E-state index is 12.8. The van der Waals surface area contributed by atoms with Crippen molar-refractivity contribution >= 4 is 45.3 Å². The molecule has 3 aromatic rings. The van der Waals surface area contributed by atoms with Crippen LogP contribution in [0.25, 0.3) is 11.1 Å². The molecule has 2 N–H and O–H groups in total. The summed E-state index contributed by atoms with van der Waals surface area (Å²) >= 11 is 6.96. The number of carbonyl (C=O) groups is 1. The maximum atomic E-state index is 12.8. The first-order valence-electron chi connectivity index (χ1n) is 9.63. The van der Waals surface area contributed by atoms with E-state index in [9.17, 15) is 4.79 Å². The van der Waals surface area contributed by atoms with Crippen LogP contribution in [0.15, 0.2) is 48.5 Å². The molecule has 162 valence electrons. The summed E-state index contributed by atoms with van der Waals surface area (Å²) in [5, 5.41) is 7.24. The first kappa shape index (κ1) is 22.6. The fraction of sp³-hybridized carbons (Fsp3) is 0.217. The van der Waals surface area contributed by atoms with Gasteiger partial charge in [0.25, 0.3) is 0 Å². The molecule has 0 aliphatic rings. The van der Waals surface area contributed by atoms with Crippen molar-refractivity contribution in [2.24, 2.45) is 0 Å². The number of hydrogen-bond donors (Lipinski definition) is 2. The average molecular weight is 457 g/mol. The Hall–Kier alpha value is -3.10. The van der Waals surface area contributed by atoms with Crippen LogP contribution in [0.5, 0.6) is 11.5 Å². The minimum Gasteiger partial charge on any atom is -0.497 e. The first-order chi connectivity index (χ1) is 15.0. The molecule has 31 heavy (non-hydrogen) atoms. The highest BCUT2D eigenvalue weighted by Gasteiger charge is 2.25. The number of thiocarbonyl (C=S) groups is 1. The molecular formula is C23H24N2O4S2. The third-order valence-corrected chi connectivity index (χ3v) is 5.69. The van der Waals surface area contributed by atoms with E-state index in [-0.39, 0.29) is 12.6 Å². The van der Waals surface area contributed by atoms with Gasteiger partial charge in [-0.2, -0.15) is 0 Å². The molecule has 0 saturated carbocycles. The van der Waals surface area contributed by atoms with Crippen molar-refractivity contribution in [1.82, 2.24) is 0 Å². The van der Waals surface area contributed by atoms with Gasteiger partial charge in [0.1, 0.15) is 22.1 Å². The Morgan fingerprint density at radius 3 is 2.26 bits per heavy atom. The molecule has 1 heterocycles. The molecule has 0 bridgehead atoms. The van der Waals surface area contributed by atoms with Crippen LogP contribution in [0.3, 0.4) is 0 Å². The molecule has 0 aliphatic heterocycles. The van der Waals surface area contributed by atoms with Crippen molar-refractivity contribution < 1.29 is 19.0 Å². The Labute approximate surface area is 191 Å². The van der Waals surface area contributed by atoms with Gasteiger partial charge >= 0.3 is 5.97 Å². The summed E-state index contributed by atoms with van der Waals surface area (Å²) in [6.45, 7) is 4.05. The number of esters is 1. The van der Waals surface area contributed by atoms with E-state index < -0.39 is 0 Å². The minimum absolute atomic E-state index is 0.285. The molecule has 0 saturated heterocycles. The summed E-state index contributed by atoms with van der Waals surface area (Å²) in [7, 11) is 3.17. The topological polar surface area (TPSA) is 68.8 Å². The van der Waals surface area contributed by atoms with Crippen molar-refractivity contribution in [3.63, 3.8) is 0 Å². The molecule has 0 amide bonds. The molecule has 0 fully saturated rings. The van der Waals surface area contributed by atoms with Gasteiger partial charge in [-0.3, -0.25) is 0 Å². The second-order valence-corrected chi connectivity index (χ2v) is 8.14. The molecule has 0 unspecified atom stereocenters. The zero-order valence-electron chi connectivity index (χ0n) is 17.8. The predicted octanol–water partition coefficient (Wildman–Crippen LogP) is 5.73. The zero-order chi connectivity index (χ0) is 22.4. The van der Waals surface area contributed by atoms with E-state index in [1.54, 1.807) is 39.3 Å². The summed E-state index contributed by atoms with van der Waals surface area (Å²) in [5.74, 6) is 0.879. The first-order valence-corrected chi connectivity index (χ1v) is 10.9. The number of nitrogens with one attached hydrogen (secondary N) is 2. The summed E-state index contributed by atoms with van der Waals surface area (Å²) in [5.41, 5.74) is 2.96. The van der Waals surface area contributed by atoms with E-state index in [2.05, 4.69) is 10.6 Å². The summed E-state index contributed by atoms with van der Waals surface area (Å²) in [6.07, 6.45) is 0. The largest absolute Gasteiger partial charge is 0.497 e. The highest BCUT2D eigenvalue weighted by atomic mass is 32.1. The minimum atomic E-state index is -0.390. The van der Waals surface area contributed by atoms with Gasteiger partial charge in [0.05, 0.1) is 20.8 Å². The zero-order valence-corrected chi connectivity index (χ0v) is 19.4. The molecule has 0 spiro atoms. The fourth-order valence-electron chi connectivity index (χ4n) is 3.13. The van der Waals surface area contributed by atoms with E-state index in [1.165, 1.54) is 11.3 Å². The number of rotatable bonds is 7. The quantitative estimate of drug-likeness (QED) is 0.348. The van der Waals surface area contributed by atoms with Crippen LogP contribution < -0.4 is 20.1 Å². The van der Waals surface area contributed by atoms with Crippen LogP contribution in [0.1, 0.15) is 22.2 Å². The van der Waals surface area contributed by atoms with Crippen molar-refractivity contribution in [2.75, 3.05) is 31.5 Å². The van der Waals surface area contributed by atoms with Crippen LogP contribution in [-0.4, -0.2) is 31.9 Å². The fourth-order valence-corrected chi connectivity index (χ4v) is 4.48. The van der Waals surface area contributed by atoms with E-state index in [0.29, 0.717) is 32.9 Å². The predicted molar refractivity (Wildman–Crippen MR) is 130 cm³/mol. The summed E-state index contributed by atoms with van der Waals surface area (Å²) < 4.78 is 15.9. The van der Waals surface area contributed by atoms with Crippen LogP contribution >= 0.6 is 23.6 Å². The van der Waals surface area contributed by atoms with E-state index in [0.717, 1.165) is 16.0 Å². The molecule has 0 atom stereocenters. The van der Waals surface area contributed by atoms with Crippen molar-refractivity contribution in [1.29, 1.82) is 0 Å². The van der Waals surface area contributed by atoms with Gasteiger partial charge in [-0.25, -0.2) is 4.79 Å². The Kier molecular flexibility index (Phi) is 7.49. The molecule has 2 aromatic carbocycles. The summed E-state index contributed by atoms with van der Waals surface area (Å²) in [4.78, 5) is 13.8. The second kappa shape index (κ2) is 10.3. The summed E-state index contributed by atoms with van der Waals surface area (Å²) in [6, 6.07) is 15.1. The number of carbonyl (C=O) groups excluding carboxylic acids is 1. The Bertz CT molecular complexity index is 1060. The van der Waals surface area contributed by atoms with Crippen molar-refractivity contribution in [2.45, 2.75) is 13.8 Å². The van der Waals surface area contributed by atoms with Crippen molar-refractivity contribution in [3.8, 4) is 22.6 Å². The van der Waals surface area contributed by atoms with E-state index in [1.807, 2.05) is 37.3 Å². The molecule has 0 radical (unpaired) electrons. The Balaban J connectivity index is 1.92. The normalized spacial score (nSPS) is 10.3. The second-order valence-electron chi connectivity index (χ2n) is 6.50. The lowest BCUT2D eigenvalue weighted by molar-refractivity contribution is 0.0529. The van der Waals surface area contributed by atoms with E-state index in [4.69, 9.17) is 26.4 Å². The number of benzene rings is 2. The van der Waals surface area contributed by atoms with Crippen LogP contribution in [-0.2, 0) is 4.74 Å². The van der Waals surface area contributed by atoms with Crippen LogP contribution in [0.2, 0.25) is 0 Å². The highest BCUT2D eigenvalue weighted by Crippen LogP contribution is 2.40. The Morgan fingerprint density at radius 1 is 1.03 bits per heavy atom. The number of hydrogen-bond acceptors (Lipinski definition) is 6. The van der Waals surface area contributed by atoms with Gasteiger partial charge < -0.3 is 24.8 Å². The average Bonchev–Trinajstić information content (AvgIpc) is 3.09. The number of anilines is 2. The number of aryl methyl sites for hydroxylation is 1. The standard InChI is InChI=1S/C23H24N2O4S2/c1-5-29-22(26)20-19(15-9-7-6-8-10-15)14(2)31-21(20)25-23(30)24-16-11-17(27-3)13-18(12-16)28-4/h6-13H,5H2,1-4H3,(H2,24,25,30). The molecule has 1 aromatic heterocycles. The van der Waals surface area contributed by atoms with Gasteiger partial charge in [-0.05, 0) is 31.6 Å². The van der Waals surface area contributed by atoms with Gasteiger partial charge in [0.15, 0.2) is 5.11 Å². The maximum Gasteiger partial charge on any atom is 0.341 e. The molecule has 0 aliphatic carbocycles. The third-order valence-electron chi connectivity index (χ3n) is 4.46. The monoisotopic (exact) mass is 456 g/mol.